The van der Waals surface area contributed by atoms with Crippen LogP contribution in [0.25, 0.3) is 0 Å². The van der Waals surface area contributed by atoms with E-state index in [4.69, 9.17) is 0 Å². The Kier molecular flexibility index (Phi) is 5.16. The molecule has 1 aromatic carbocycles. The summed E-state index contributed by atoms with van der Waals surface area (Å²) < 4.78 is 0.732. The highest BCUT2D eigenvalue weighted by atomic mass is 32.2. The molecule has 1 aromatic heterocycles. The molecule has 0 aliphatic carbocycles. The molecule has 6 heteroatoms. The molecule has 0 bridgehead atoms. The molecule has 1 N–H and O–H groups in total. The molecule has 5 nitrogen and oxygen atoms in total. The maximum atomic E-state index is 12.1. The molecule has 0 saturated heterocycles. The van der Waals surface area contributed by atoms with E-state index in [1.54, 1.807) is 49.4 Å². The molecule has 2 aromatic rings. The average molecular weight is 316 g/mol. The molecule has 2 rings (SSSR count). The van der Waals surface area contributed by atoms with E-state index < -0.39 is 5.25 Å². The first kappa shape index (κ1) is 16.0. The lowest BCUT2D eigenvalue weighted by Crippen LogP contribution is -2.30. The fraction of sp³-hybridized carbons (Fsp3) is 0.188. The number of amides is 1. The van der Waals surface area contributed by atoms with Crippen LogP contribution in [0.5, 0.6) is 0 Å². The van der Waals surface area contributed by atoms with Crippen molar-refractivity contribution in [3.63, 3.8) is 0 Å². The molecular formula is C16H16N2O3S. The average Bonchev–Trinajstić information content (AvgIpc) is 2.50. The number of nitrogens with one attached hydrogen (secondary N) is 1. The second-order valence-corrected chi connectivity index (χ2v) is 6.11. The first-order valence-electron chi connectivity index (χ1n) is 6.74. The summed E-state index contributed by atoms with van der Waals surface area (Å²) in [5, 5.41) is 14.4. The summed E-state index contributed by atoms with van der Waals surface area (Å²) in [5.74, 6) is -0.227. The van der Waals surface area contributed by atoms with Gasteiger partial charge in [0.15, 0.2) is 12.0 Å². The molecule has 0 spiro atoms. The largest absolute Gasteiger partial charge is 0.618 e. The number of benzene rings is 1. The number of thioether (sulfide) groups is 1. The van der Waals surface area contributed by atoms with E-state index in [2.05, 4.69) is 5.32 Å². The molecule has 0 radical (unpaired) electrons. The Morgan fingerprint density at radius 2 is 1.86 bits per heavy atom. The molecular weight excluding hydrogens is 300 g/mol. The van der Waals surface area contributed by atoms with E-state index in [0.29, 0.717) is 16.3 Å². The van der Waals surface area contributed by atoms with Gasteiger partial charge >= 0.3 is 0 Å². The summed E-state index contributed by atoms with van der Waals surface area (Å²) in [4.78, 5) is 23.3. The van der Waals surface area contributed by atoms with E-state index in [9.17, 15) is 14.8 Å². The zero-order valence-corrected chi connectivity index (χ0v) is 13.1. The highest BCUT2D eigenvalue weighted by Gasteiger charge is 2.18. The zero-order chi connectivity index (χ0) is 16.1. The van der Waals surface area contributed by atoms with Gasteiger partial charge in [-0.25, -0.2) is 0 Å². The van der Waals surface area contributed by atoms with E-state index in [1.807, 2.05) is 0 Å². The smallest absolute Gasteiger partial charge is 0.252 e. The monoisotopic (exact) mass is 316 g/mol. The van der Waals surface area contributed by atoms with Gasteiger partial charge in [-0.2, -0.15) is 4.73 Å². The minimum absolute atomic E-state index is 0.0223. The third-order valence-electron chi connectivity index (χ3n) is 3.01. The van der Waals surface area contributed by atoms with Gasteiger partial charge in [0.25, 0.3) is 5.03 Å². The third-order valence-corrected chi connectivity index (χ3v) is 4.14. The SMILES string of the molecule is CC(=O)c1ccc(NC(=O)[C@H](C)Sc2cccc[n+]2[O-])cc1. The molecule has 1 amide bonds. The van der Waals surface area contributed by atoms with E-state index >= 15 is 0 Å². The Balaban J connectivity index is 1.99. The fourth-order valence-electron chi connectivity index (χ4n) is 1.77. The van der Waals surface area contributed by atoms with Gasteiger partial charge in [-0.05, 0) is 55.9 Å². The van der Waals surface area contributed by atoms with E-state index in [1.165, 1.54) is 24.9 Å². The second kappa shape index (κ2) is 7.09. The van der Waals surface area contributed by atoms with Gasteiger partial charge in [-0.15, -0.1) is 0 Å². The lowest BCUT2D eigenvalue weighted by molar-refractivity contribution is -0.645. The minimum atomic E-state index is -0.421. The van der Waals surface area contributed by atoms with Crippen LogP contribution in [0.3, 0.4) is 0 Å². The molecule has 1 atom stereocenters. The fourth-order valence-corrected chi connectivity index (χ4v) is 2.62. The van der Waals surface area contributed by atoms with Crippen LogP contribution in [0.2, 0.25) is 0 Å². The van der Waals surface area contributed by atoms with Crippen molar-refractivity contribution in [2.45, 2.75) is 24.1 Å². The molecule has 0 unspecified atom stereocenters. The molecule has 114 valence electrons. The van der Waals surface area contributed by atoms with Crippen molar-refractivity contribution >= 4 is 29.1 Å². The number of ketones is 1. The van der Waals surface area contributed by atoms with Crippen LogP contribution < -0.4 is 10.0 Å². The second-order valence-electron chi connectivity index (χ2n) is 4.75. The first-order chi connectivity index (χ1) is 10.5. The lowest BCUT2D eigenvalue weighted by Gasteiger charge is -2.11. The molecule has 22 heavy (non-hydrogen) atoms. The van der Waals surface area contributed by atoms with Crippen LogP contribution in [-0.2, 0) is 4.79 Å². The quantitative estimate of drug-likeness (QED) is 0.398. The number of anilines is 1. The molecule has 0 fully saturated rings. The zero-order valence-electron chi connectivity index (χ0n) is 12.3. The highest BCUT2D eigenvalue weighted by Crippen LogP contribution is 2.21. The number of Topliss-reactive ketones (excluding diaryl/α,β-unsaturated/α-hetero) is 1. The number of rotatable bonds is 5. The number of pyridine rings is 1. The Labute approximate surface area is 132 Å². The van der Waals surface area contributed by atoms with Gasteiger partial charge in [0, 0.05) is 23.4 Å². The van der Waals surface area contributed by atoms with Crippen molar-refractivity contribution in [1.29, 1.82) is 0 Å². The van der Waals surface area contributed by atoms with Crippen molar-refractivity contribution in [3.8, 4) is 0 Å². The number of aromatic nitrogens is 1. The predicted octanol–water partition coefficient (Wildman–Crippen LogP) is 2.64. The Hall–Kier alpha value is -2.34. The minimum Gasteiger partial charge on any atom is -0.618 e. The van der Waals surface area contributed by atoms with E-state index in [-0.39, 0.29) is 11.7 Å². The van der Waals surface area contributed by atoms with Crippen LogP contribution in [0, 0.1) is 5.21 Å². The van der Waals surface area contributed by atoms with Crippen LogP contribution in [0.4, 0.5) is 5.69 Å². The molecule has 0 aliphatic heterocycles. The molecule has 0 aliphatic rings. The number of carbonyl (C=O) groups excluding carboxylic acids is 2. The maximum absolute atomic E-state index is 12.1. The predicted molar refractivity (Wildman–Crippen MR) is 85.8 cm³/mol. The normalized spacial score (nSPS) is 11.7. The van der Waals surface area contributed by atoms with Gasteiger partial charge < -0.3 is 10.5 Å². The van der Waals surface area contributed by atoms with Crippen molar-refractivity contribution in [2.75, 3.05) is 5.32 Å². The summed E-state index contributed by atoms with van der Waals surface area (Å²) in [6.07, 6.45) is 1.40. The summed E-state index contributed by atoms with van der Waals surface area (Å²) in [7, 11) is 0. The molecule has 0 saturated carbocycles. The number of hydrogen-bond donors (Lipinski definition) is 1. The summed E-state index contributed by atoms with van der Waals surface area (Å²) in [6.45, 7) is 3.22. The van der Waals surface area contributed by atoms with Gasteiger partial charge in [0.2, 0.25) is 5.91 Å². The van der Waals surface area contributed by atoms with Gasteiger partial charge in [-0.1, -0.05) is 0 Å². The van der Waals surface area contributed by atoms with Crippen LogP contribution in [0.1, 0.15) is 24.2 Å². The highest BCUT2D eigenvalue weighted by molar-refractivity contribution is 8.00. The van der Waals surface area contributed by atoms with Gasteiger partial charge in [-0.3, -0.25) is 9.59 Å². The third kappa shape index (κ3) is 4.08. The van der Waals surface area contributed by atoms with Gasteiger partial charge in [0.1, 0.15) is 0 Å². The standard InChI is InChI=1S/C16H16N2O3S/c1-11(19)13-6-8-14(9-7-13)17-16(20)12(2)22-15-5-3-4-10-18(15)21/h3-10,12H,1-2H3,(H,17,20)/t12-/m0/s1. The number of carbonyl (C=O) groups is 2. The van der Waals surface area contributed by atoms with Crippen LogP contribution in [0.15, 0.2) is 53.7 Å². The number of hydrogen-bond acceptors (Lipinski definition) is 4. The van der Waals surface area contributed by atoms with Crippen LogP contribution >= 0.6 is 11.8 Å². The maximum Gasteiger partial charge on any atom is 0.252 e. The number of nitrogens with zero attached hydrogens (tertiary/aromatic N) is 1. The summed E-state index contributed by atoms with van der Waals surface area (Å²) >= 11 is 1.19. The Morgan fingerprint density at radius 3 is 2.45 bits per heavy atom. The van der Waals surface area contributed by atoms with E-state index in [0.717, 1.165) is 4.73 Å². The van der Waals surface area contributed by atoms with Gasteiger partial charge in [0.05, 0.1) is 5.25 Å². The topological polar surface area (TPSA) is 73.1 Å². The Morgan fingerprint density at radius 1 is 1.18 bits per heavy atom. The summed E-state index contributed by atoms with van der Waals surface area (Å²) in [5.41, 5.74) is 1.21. The van der Waals surface area contributed by atoms with Crippen molar-refractivity contribution < 1.29 is 14.3 Å². The Bertz CT molecular complexity index is 686. The first-order valence-corrected chi connectivity index (χ1v) is 7.62. The van der Waals surface area contributed by atoms with Crippen molar-refractivity contribution in [2.24, 2.45) is 0 Å². The molecule has 1 heterocycles. The lowest BCUT2D eigenvalue weighted by atomic mass is 10.1. The van der Waals surface area contributed by atoms with Crippen LogP contribution in [-0.4, -0.2) is 16.9 Å². The summed E-state index contributed by atoms with van der Waals surface area (Å²) in [6, 6.07) is 11.8. The van der Waals surface area contributed by atoms with Crippen molar-refractivity contribution in [3.05, 3.63) is 59.4 Å². The van der Waals surface area contributed by atoms with Crippen molar-refractivity contribution in [1.82, 2.24) is 0 Å².